The first-order chi connectivity index (χ1) is 9.11. The Morgan fingerprint density at radius 1 is 1.53 bits per heavy atom. The number of hydrogen-bond donors (Lipinski definition) is 2. The zero-order chi connectivity index (χ0) is 13.8. The van der Waals surface area contributed by atoms with Gasteiger partial charge in [0.1, 0.15) is 10.8 Å². The highest BCUT2D eigenvalue weighted by molar-refractivity contribution is 7.99. The maximum absolute atomic E-state index is 13.3. The molecule has 0 radical (unpaired) electrons. The molecular formula is C14H19FN2S2. The summed E-state index contributed by atoms with van der Waals surface area (Å²) in [5.74, 6) is 0.813. The predicted octanol–water partition coefficient (Wildman–Crippen LogP) is 3.55. The molecule has 1 aliphatic rings. The minimum atomic E-state index is -0.306. The molecule has 5 heteroatoms. The molecule has 3 N–H and O–H groups in total. The molecule has 0 saturated heterocycles. The average Bonchev–Trinajstić information content (AvgIpc) is 2.79. The summed E-state index contributed by atoms with van der Waals surface area (Å²) in [5.41, 5.74) is 7.12. The Morgan fingerprint density at radius 2 is 2.32 bits per heavy atom. The summed E-state index contributed by atoms with van der Waals surface area (Å²) in [6, 6.07) is 5.00. The molecule has 0 aromatic heterocycles. The molecule has 1 aromatic rings. The SMILES string of the molecule is CCSC1CCCC1Nc1ccc(F)cc1C(N)=S. The standard InChI is InChI=1S/C14H19FN2S2/c1-2-19-13-5-3-4-12(13)17-11-7-6-9(15)8-10(11)14(16)18/h6-8,12-13,17H,2-5H2,1H3,(H2,16,18). The lowest BCUT2D eigenvalue weighted by Gasteiger charge is -2.22. The highest BCUT2D eigenvalue weighted by Crippen LogP contribution is 2.32. The molecular weight excluding hydrogens is 279 g/mol. The second-order valence-corrected chi connectivity index (χ2v) is 6.69. The number of anilines is 1. The summed E-state index contributed by atoms with van der Waals surface area (Å²) in [5, 5.41) is 4.12. The Labute approximate surface area is 123 Å². The number of halogens is 1. The molecule has 19 heavy (non-hydrogen) atoms. The van der Waals surface area contributed by atoms with E-state index in [1.54, 1.807) is 6.07 Å². The van der Waals surface area contributed by atoms with E-state index in [1.165, 1.54) is 25.0 Å². The summed E-state index contributed by atoms with van der Waals surface area (Å²) < 4.78 is 13.3. The zero-order valence-electron chi connectivity index (χ0n) is 11.0. The van der Waals surface area contributed by atoms with Gasteiger partial charge in [-0.1, -0.05) is 25.6 Å². The lowest BCUT2D eigenvalue weighted by molar-refractivity contribution is 0.627. The van der Waals surface area contributed by atoms with Crippen LogP contribution in [0.4, 0.5) is 10.1 Å². The van der Waals surface area contributed by atoms with Gasteiger partial charge in [0.05, 0.1) is 0 Å². The van der Waals surface area contributed by atoms with Crippen LogP contribution < -0.4 is 11.1 Å². The number of nitrogens with one attached hydrogen (secondary N) is 1. The number of hydrogen-bond acceptors (Lipinski definition) is 3. The third-order valence-electron chi connectivity index (χ3n) is 3.42. The van der Waals surface area contributed by atoms with Gasteiger partial charge in [0.2, 0.25) is 0 Å². The summed E-state index contributed by atoms with van der Waals surface area (Å²) in [6.07, 6.45) is 3.62. The van der Waals surface area contributed by atoms with Crippen LogP contribution >= 0.6 is 24.0 Å². The molecule has 2 atom stereocenters. The van der Waals surface area contributed by atoms with Gasteiger partial charge in [-0.15, -0.1) is 0 Å². The molecule has 2 rings (SSSR count). The van der Waals surface area contributed by atoms with Crippen LogP contribution in [0.25, 0.3) is 0 Å². The van der Waals surface area contributed by atoms with Crippen LogP contribution in [0.2, 0.25) is 0 Å². The summed E-state index contributed by atoms with van der Waals surface area (Å²) >= 11 is 6.98. The Kier molecular flexibility index (Phi) is 5.05. The number of thiocarbonyl (C=S) groups is 1. The second-order valence-electron chi connectivity index (χ2n) is 4.73. The fraction of sp³-hybridized carbons (Fsp3) is 0.500. The molecule has 0 heterocycles. The first-order valence-corrected chi connectivity index (χ1v) is 8.05. The Bertz CT molecular complexity index is 465. The molecule has 0 aliphatic heterocycles. The lowest BCUT2D eigenvalue weighted by Crippen LogP contribution is -2.27. The first-order valence-electron chi connectivity index (χ1n) is 6.59. The summed E-state index contributed by atoms with van der Waals surface area (Å²) in [7, 11) is 0. The predicted molar refractivity (Wildman–Crippen MR) is 85.5 cm³/mol. The Hall–Kier alpha value is -0.810. The number of rotatable bonds is 5. The van der Waals surface area contributed by atoms with Gasteiger partial charge in [0.25, 0.3) is 0 Å². The number of benzene rings is 1. The topological polar surface area (TPSA) is 38.0 Å². The fourth-order valence-electron chi connectivity index (χ4n) is 2.55. The zero-order valence-corrected chi connectivity index (χ0v) is 12.6. The van der Waals surface area contributed by atoms with Gasteiger partial charge >= 0.3 is 0 Å². The van der Waals surface area contributed by atoms with Crippen LogP contribution in [-0.2, 0) is 0 Å². The quantitative estimate of drug-likeness (QED) is 0.815. The van der Waals surface area contributed by atoms with E-state index in [1.807, 2.05) is 11.8 Å². The van der Waals surface area contributed by atoms with Crippen LogP contribution in [0.15, 0.2) is 18.2 Å². The smallest absolute Gasteiger partial charge is 0.124 e. The van der Waals surface area contributed by atoms with E-state index in [2.05, 4.69) is 12.2 Å². The van der Waals surface area contributed by atoms with Crippen molar-refractivity contribution < 1.29 is 4.39 Å². The Morgan fingerprint density at radius 3 is 3.00 bits per heavy atom. The van der Waals surface area contributed by atoms with Gasteiger partial charge in [-0.25, -0.2) is 4.39 Å². The molecule has 2 unspecified atom stereocenters. The van der Waals surface area contributed by atoms with E-state index in [-0.39, 0.29) is 10.8 Å². The molecule has 1 fully saturated rings. The van der Waals surface area contributed by atoms with E-state index in [0.717, 1.165) is 17.9 Å². The molecule has 1 saturated carbocycles. The van der Waals surface area contributed by atoms with Crippen LogP contribution in [-0.4, -0.2) is 22.0 Å². The minimum absolute atomic E-state index is 0.236. The van der Waals surface area contributed by atoms with E-state index >= 15 is 0 Å². The van der Waals surface area contributed by atoms with Crippen molar-refractivity contribution in [2.45, 2.75) is 37.5 Å². The fourth-order valence-corrected chi connectivity index (χ4v) is 3.92. The number of nitrogens with two attached hydrogens (primary N) is 1. The van der Waals surface area contributed by atoms with Crippen molar-refractivity contribution in [3.63, 3.8) is 0 Å². The van der Waals surface area contributed by atoms with Gasteiger partial charge in [0, 0.05) is 22.5 Å². The van der Waals surface area contributed by atoms with Crippen molar-refractivity contribution in [3.8, 4) is 0 Å². The Balaban J connectivity index is 2.16. The second kappa shape index (κ2) is 6.57. The van der Waals surface area contributed by atoms with Crippen LogP contribution in [0.5, 0.6) is 0 Å². The highest BCUT2D eigenvalue weighted by atomic mass is 32.2. The van der Waals surface area contributed by atoms with Gasteiger partial charge in [-0.3, -0.25) is 0 Å². The third kappa shape index (κ3) is 3.60. The van der Waals surface area contributed by atoms with Crippen molar-refractivity contribution in [1.82, 2.24) is 0 Å². The van der Waals surface area contributed by atoms with Crippen LogP contribution in [0.3, 0.4) is 0 Å². The molecule has 1 aromatic carbocycles. The van der Waals surface area contributed by atoms with Crippen LogP contribution in [0, 0.1) is 5.82 Å². The average molecular weight is 298 g/mol. The van der Waals surface area contributed by atoms with Crippen LogP contribution in [0.1, 0.15) is 31.7 Å². The van der Waals surface area contributed by atoms with Crippen molar-refractivity contribution in [2.24, 2.45) is 5.73 Å². The van der Waals surface area contributed by atoms with Gasteiger partial charge < -0.3 is 11.1 Å². The normalized spacial score (nSPS) is 22.4. The third-order valence-corrected chi connectivity index (χ3v) is 4.97. The van der Waals surface area contributed by atoms with E-state index in [4.69, 9.17) is 18.0 Å². The maximum atomic E-state index is 13.3. The molecule has 0 amide bonds. The molecule has 1 aliphatic carbocycles. The molecule has 2 nitrogen and oxygen atoms in total. The van der Waals surface area contributed by atoms with Crippen molar-refractivity contribution in [3.05, 3.63) is 29.6 Å². The molecule has 0 spiro atoms. The minimum Gasteiger partial charge on any atom is -0.389 e. The van der Waals surface area contributed by atoms with Crippen molar-refractivity contribution >= 4 is 34.7 Å². The molecule has 104 valence electrons. The van der Waals surface area contributed by atoms with Gasteiger partial charge in [-0.2, -0.15) is 11.8 Å². The van der Waals surface area contributed by atoms with E-state index in [0.29, 0.717) is 16.9 Å². The first kappa shape index (κ1) is 14.6. The van der Waals surface area contributed by atoms with Crippen molar-refractivity contribution in [2.75, 3.05) is 11.1 Å². The van der Waals surface area contributed by atoms with Gasteiger partial charge in [-0.05, 0) is 36.8 Å². The monoisotopic (exact) mass is 298 g/mol. The maximum Gasteiger partial charge on any atom is 0.124 e. The van der Waals surface area contributed by atoms with E-state index < -0.39 is 0 Å². The van der Waals surface area contributed by atoms with Gasteiger partial charge in [0.15, 0.2) is 0 Å². The highest BCUT2D eigenvalue weighted by Gasteiger charge is 2.27. The summed E-state index contributed by atoms with van der Waals surface area (Å²) in [4.78, 5) is 0.236. The van der Waals surface area contributed by atoms with Crippen molar-refractivity contribution in [1.29, 1.82) is 0 Å². The molecule has 0 bridgehead atoms. The van der Waals surface area contributed by atoms with E-state index in [9.17, 15) is 4.39 Å². The lowest BCUT2D eigenvalue weighted by atomic mass is 10.1. The number of thioether (sulfide) groups is 1. The summed E-state index contributed by atoms with van der Waals surface area (Å²) in [6.45, 7) is 2.18. The largest absolute Gasteiger partial charge is 0.389 e.